The van der Waals surface area contributed by atoms with Gasteiger partial charge in [-0.15, -0.1) is 0 Å². The Bertz CT molecular complexity index is 363. The topological polar surface area (TPSA) is 84.5 Å². The Morgan fingerprint density at radius 2 is 2.00 bits per heavy atom. The molecule has 0 aliphatic carbocycles. The highest BCUT2D eigenvalue weighted by Crippen LogP contribution is 2.05. The molecule has 106 valence electrons. The molecule has 6 nitrogen and oxygen atoms in total. The third-order valence-electron chi connectivity index (χ3n) is 2.75. The molecular formula is C11H22N2O4S. The van der Waals surface area contributed by atoms with Crippen molar-refractivity contribution < 1.29 is 17.9 Å². The molecule has 1 aliphatic rings. The zero-order valence-corrected chi connectivity index (χ0v) is 11.8. The molecule has 0 aromatic heterocycles. The van der Waals surface area contributed by atoms with Gasteiger partial charge in [0.2, 0.25) is 5.91 Å². The molecule has 2 N–H and O–H groups in total. The summed E-state index contributed by atoms with van der Waals surface area (Å²) >= 11 is 0. The van der Waals surface area contributed by atoms with Crippen molar-refractivity contribution in [2.75, 3.05) is 31.8 Å². The number of ether oxygens (including phenoxy) is 1. The van der Waals surface area contributed by atoms with Crippen molar-refractivity contribution in [2.24, 2.45) is 0 Å². The lowest BCUT2D eigenvalue weighted by Crippen LogP contribution is -2.45. The summed E-state index contributed by atoms with van der Waals surface area (Å²) in [6.07, 6.45) is 2.86. The lowest BCUT2D eigenvalue weighted by atomic mass is 10.1. The number of sulfone groups is 1. The fourth-order valence-corrected chi connectivity index (χ4v) is 2.93. The minimum Gasteiger partial charge on any atom is -0.381 e. The van der Waals surface area contributed by atoms with Crippen molar-refractivity contribution in [3.8, 4) is 0 Å². The maximum absolute atomic E-state index is 11.6. The molecule has 0 radical (unpaired) electrons. The minimum atomic E-state index is -3.01. The lowest BCUT2D eigenvalue weighted by Gasteiger charge is -2.23. The van der Waals surface area contributed by atoms with Crippen LogP contribution in [0.4, 0.5) is 0 Å². The van der Waals surface area contributed by atoms with Gasteiger partial charge in [0, 0.05) is 31.6 Å². The number of amides is 1. The van der Waals surface area contributed by atoms with E-state index in [9.17, 15) is 13.2 Å². The highest BCUT2D eigenvalue weighted by Gasteiger charge is 2.17. The van der Waals surface area contributed by atoms with Gasteiger partial charge in [-0.05, 0) is 19.8 Å². The maximum Gasteiger partial charge on any atom is 0.234 e. The Kier molecular flexibility index (Phi) is 6.04. The molecule has 1 saturated heterocycles. The molecule has 18 heavy (non-hydrogen) atoms. The van der Waals surface area contributed by atoms with Crippen LogP contribution < -0.4 is 10.6 Å². The third kappa shape index (κ3) is 6.93. The van der Waals surface area contributed by atoms with E-state index in [-0.39, 0.29) is 30.3 Å². The van der Waals surface area contributed by atoms with E-state index in [0.717, 1.165) is 12.8 Å². The smallest absolute Gasteiger partial charge is 0.234 e. The standard InChI is InChI=1S/C11H22N2O4S/c1-9(8-18(2,15)16)12-7-11(14)13-10-3-5-17-6-4-10/h9-10,12H,3-8H2,1-2H3,(H,13,14). The number of hydrogen-bond acceptors (Lipinski definition) is 5. The molecule has 1 aliphatic heterocycles. The molecule has 1 amide bonds. The molecule has 0 aromatic carbocycles. The summed E-state index contributed by atoms with van der Waals surface area (Å²) in [5.41, 5.74) is 0. The van der Waals surface area contributed by atoms with Crippen LogP contribution in [0.3, 0.4) is 0 Å². The summed E-state index contributed by atoms with van der Waals surface area (Å²) in [6.45, 7) is 3.27. The summed E-state index contributed by atoms with van der Waals surface area (Å²) in [6, 6.07) is -0.0429. The zero-order chi connectivity index (χ0) is 13.6. The van der Waals surface area contributed by atoms with E-state index in [4.69, 9.17) is 4.74 Å². The predicted octanol–water partition coefficient (Wildman–Crippen LogP) is -0.696. The second-order valence-electron chi connectivity index (χ2n) is 4.83. The number of nitrogens with one attached hydrogen (secondary N) is 2. The molecule has 0 aromatic rings. The van der Waals surface area contributed by atoms with Crippen molar-refractivity contribution in [1.29, 1.82) is 0 Å². The monoisotopic (exact) mass is 278 g/mol. The molecular weight excluding hydrogens is 256 g/mol. The van der Waals surface area contributed by atoms with Crippen LogP contribution in [-0.4, -0.2) is 58.2 Å². The van der Waals surface area contributed by atoms with E-state index < -0.39 is 9.84 Å². The summed E-state index contributed by atoms with van der Waals surface area (Å²) in [7, 11) is -3.01. The van der Waals surface area contributed by atoms with Crippen molar-refractivity contribution in [3.63, 3.8) is 0 Å². The van der Waals surface area contributed by atoms with Crippen molar-refractivity contribution >= 4 is 15.7 Å². The first-order chi connectivity index (χ1) is 8.37. The lowest BCUT2D eigenvalue weighted by molar-refractivity contribution is -0.121. The Labute approximate surface area is 108 Å². The predicted molar refractivity (Wildman–Crippen MR) is 69.2 cm³/mol. The molecule has 0 bridgehead atoms. The molecule has 0 saturated carbocycles. The van der Waals surface area contributed by atoms with Gasteiger partial charge in [0.1, 0.15) is 9.84 Å². The molecule has 1 fully saturated rings. The number of carbonyl (C=O) groups is 1. The van der Waals surface area contributed by atoms with Gasteiger partial charge in [0.25, 0.3) is 0 Å². The minimum absolute atomic E-state index is 0.0392. The number of hydrogen-bond donors (Lipinski definition) is 2. The second kappa shape index (κ2) is 7.06. The summed E-state index contributed by atoms with van der Waals surface area (Å²) in [4.78, 5) is 11.6. The molecule has 1 unspecified atom stereocenters. The highest BCUT2D eigenvalue weighted by atomic mass is 32.2. The fraction of sp³-hybridized carbons (Fsp3) is 0.909. The van der Waals surface area contributed by atoms with Crippen molar-refractivity contribution in [2.45, 2.75) is 31.8 Å². The van der Waals surface area contributed by atoms with Gasteiger partial charge >= 0.3 is 0 Å². The van der Waals surface area contributed by atoms with Gasteiger partial charge < -0.3 is 15.4 Å². The Morgan fingerprint density at radius 1 is 1.39 bits per heavy atom. The number of carbonyl (C=O) groups excluding carboxylic acids is 1. The van der Waals surface area contributed by atoms with Crippen LogP contribution in [0.15, 0.2) is 0 Å². The second-order valence-corrected chi connectivity index (χ2v) is 7.01. The summed E-state index contributed by atoms with van der Waals surface area (Å²) in [5, 5.41) is 5.81. The van der Waals surface area contributed by atoms with Gasteiger partial charge in [-0.25, -0.2) is 8.42 Å². The van der Waals surface area contributed by atoms with E-state index in [1.54, 1.807) is 6.92 Å². The van der Waals surface area contributed by atoms with Crippen molar-refractivity contribution in [1.82, 2.24) is 10.6 Å². The molecule has 1 rings (SSSR count). The van der Waals surface area contributed by atoms with Gasteiger partial charge in [-0.2, -0.15) is 0 Å². The van der Waals surface area contributed by atoms with Crippen LogP contribution in [0.1, 0.15) is 19.8 Å². The highest BCUT2D eigenvalue weighted by molar-refractivity contribution is 7.90. The quantitative estimate of drug-likeness (QED) is 0.671. The normalized spacial score (nSPS) is 19.4. The summed E-state index contributed by atoms with van der Waals surface area (Å²) < 4.78 is 27.3. The van der Waals surface area contributed by atoms with Crippen molar-refractivity contribution in [3.05, 3.63) is 0 Å². The van der Waals surface area contributed by atoms with E-state index in [1.807, 2.05) is 0 Å². The van der Waals surface area contributed by atoms with Crippen LogP contribution in [-0.2, 0) is 19.4 Å². The molecule has 7 heteroatoms. The van der Waals surface area contributed by atoms with Crippen LogP contribution >= 0.6 is 0 Å². The maximum atomic E-state index is 11.6. The zero-order valence-electron chi connectivity index (χ0n) is 10.9. The van der Waals surface area contributed by atoms with Gasteiger partial charge in [-0.3, -0.25) is 4.79 Å². The Morgan fingerprint density at radius 3 is 2.56 bits per heavy atom. The first-order valence-electron chi connectivity index (χ1n) is 6.15. The van der Waals surface area contributed by atoms with Gasteiger partial charge in [0.15, 0.2) is 0 Å². The van der Waals surface area contributed by atoms with E-state index in [1.165, 1.54) is 6.26 Å². The van der Waals surface area contributed by atoms with Crippen LogP contribution in [0.5, 0.6) is 0 Å². The SMILES string of the molecule is CC(CS(C)(=O)=O)NCC(=O)NC1CCOCC1. The molecule has 0 spiro atoms. The molecule has 1 atom stereocenters. The molecule has 1 heterocycles. The van der Waals surface area contributed by atoms with Crippen LogP contribution in [0.2, 0.25) is 0 Å². The third-order valence-corrected chi connectivity index (χ3v) is 3.86. The largest absolute Gasteiger partial charge is 0.381 e. The first kappa shape index (κ1) is 15.4. The van der Waals surface area contributed by atoms with Gasteiger partial charge in [0.05, 0.1) is 12.3 Å². The fourth-order valence-electron chi connectivity index (χ4n) is 1.90. The van der Waals surface area contributed by atoms with E-state index in [2.05, 4.69) is 10.6 Å². The van der Waals surface area contributed by atoms with Crippen LogP contribution in [0.25, 0.3) is 0 Å². The Balaban J connectivity index is 2.19. The van der Waals surface area contributed by atoms with Gasteiger partial charge in [-0.1, -0.05) is 0 Å². The average molecular weight is 278 g/mol. The average Bonchev–Trinajstić information content (AvgIpc) is 2.25. The van der Waals surface area contributed by atoms with Crippen LogP contribution in [0, 0.1) is 0 Å². The Hall–Kier alpha value is -0.660. The number of rotatable bonds is 6. The first-order valence-corrected chi connectivity index (χ1v) is 8.21. The van der Waals surface area contributed by atoms with E-state index >= 15 is 0 Å². The van der Waals surface area contributed by atoms with E-state index in [0.29, 0.717) is 13.2 Å². The summed E-state index contributed by atoms with van der Waals surface area (Å²) in [5.74, 6) is -0.0559.